The summed E-state index contributed by atoms with van der Waals surface area (Å²) in [6, 6.07) is 2.99. The lowest BCUT2D eigenvalue weighted by Crippen LogP contribution is -2.52. The Kier molecular flexibility index (Phi) is 6.94. The van der Waals surface area contributed by atoms with Crippen molar-refractivity contribution >= 4 is 38.4 Å². The maximum Gasteiger partial charge on any atom is 0.247 e. The minimum atomic E-state index is -3.64. The molecule has 1 aliphatic rings. The summed E-state index contributed by atoms with van der Waals surface area (Å²) in [5.41, 5.74) is 0. The van der Waals surface area contributed by atoms with E-state index >= 15 is 0 Å². The van der Waals surface area contributed by atoms with Crippen LogP contribution in [0.5, 0.6) is 11.5 Å². The fraction of sp³-hybridized carbons (Fsp3) is 0.538. The van der Waals surface area contributed by atoms with E-state index in [4.69, 9.17) is 9.47 Å². The molecular formula is C13H20BrClN2O4S. The molecule has 0 bridgehead atoms. The number of benzene rings is 1. The summed E-state index contributed by atoms with van der Waals surface area (Å²) in [6.07, 6.45) is 0. The van der Waals surface area contributed by atoms with Crippen molar-refractivity contribution in [3.05, 3.63) is 16.6 Å². The molecule has 0 saturated carbocycles. The topological polar surface area (TPSA) is 67.9 Å². The number of piperazine rings is 1. The molecule has 6 nitrogen and oxygen atoms in total. The van der Waals surface area contributed by atoms with Crippen LogP contribution in [0.3, 0.4) is 0 Å². The van der Waals surface area contributed by atoms with Crippen LogP contribution < -0.4 is 14.8 Å². The molecule has 1 N–H and O–H groups in total. The van der Waals surface area contributed by atoms with E-state index in [9.17, 15) is 8.42 Å². The number of methoxy groups -OCH3 is 2. The van der Waals surface area contributed by atoms with Crippen LogP contribution in [0.2, 0.25) is 0 Å². The van der Waals surface area contributed by atoms with Crippen LogP contribution in [0, 0.1) is 0 Å². The largest absolute Gasteiger partial charge is 0.496 e. The number of sulfonamides is 1. The van der Waals surface area contributed by atoms with Gasteiger partial charge in [-0.3, -0.25) is 0 Å². The fourth-order valence-corrected chi connectivity index (χ4v) is 4.61. The van der Waals surface area contributed by atoms with Crippen LogP contribution in [0.1, 0.15) is 6.92 Å². The molecule has 0 amide bonds. The van der Waals surface area contributed by atoms with Gasteiger partial charge < -0.3 is 14.8 Å². The highest BCUT2D eigenvalue weighted by atomic mass is 79.9. The first-order valence-electron chi connectivity index (χ1n) is 6.56. The third-order valence-corrected chi connectivity index (χ3v) is 6.12. The number of hydrogen-bond donors (Lipinski definition) is 1. The van der Waals surface area contributed by atoms with Crippen LogP contribution >= 0.6 is 28.3 Å². The molecule has 1 unspecified atom stereocenters. The van der Waals surface area contributed by atoms with Gasteiger partial charge in [-0.25, -0.2) is 8.42 Å². The third-order valence-electron chi connectivity index (χ3n) is 3.47. The van der Waals surface area contributed by atoms with Crippen molar-refractivity contribution in [1.82, 2.24) is 9.62 Å². The minimum Gasteiger partial charge on any atom is -0.496 e. The predicted octanol–water partition coefficient (Wildman–Crippen LogP) is 1.87. The van der Waals surface area contributed by atoms with Crippen LogP contribution in [-0.2, 0) is 10.0 Å². The number of hydrogen-bond acceptors (Lipinski definition) is 5. The monoisotopic (exact) mass is 414 g/mol. The fourth-order valence-electron chi connectivity index (χ4n) is 2.34. The van der Waals surface area contributed by atoms with Crippen molar-refractivity contribution in [2.24, 2.45) is 0 Å². The SMILES string of the molecule is COc1cc(S(=O)(=O)N2CCNCC2C)c(OC)cc1Br.Cl. The predicted molar refractivity (Wildman–Crippen MR) is 90.7 cm³/mol. The molecule has 1 aromatic carbocycles. The summed E-state index contributed by atoms with van der Waals surface area (Å²) in [7, 11) is -0.687. The van der Waals surface area contributed by atoms with Crippen LogP contribution in [0.4, 0.5) is 0 Å². The summed E-state index contributed by atoms with van der Waals surface area (Å²) in [6.45, 7) is 3.59. The molecule has 126 valence electrons. The summed E-state index contributed by atoms with van der Waals surface area (Å²) in [5, 5.41) is 3.18. The van der Waals surface area contributed by atoms with E-state index in [2.05, 4.69) is 21.2 Å². The van der Waals surface area contributed by atoms with Gasteiger partial charge in [0.05, 0.1) is 18.7 Å². The second-order valence-electron chi connectivity index (χ2n) is 4.81. The van der Waals surface area contributed by atoms with E-state index in [1.807, 2.05) is 6.92 Å². The molecule has 0 aromatic heterocycles. The maximum absolute atomic E-state index is 12.9. The molecule has 0 aliphatic carbocycles. The Balaban J connectivity index is 0.00000242. The number of nitrogens with zero attached hydrogens (tertiary/aromatic N) is 1. The van der Waals surface area contributed by atoms with Crippen molar-refractivity contribution in [3.63, 3.8) is 0 Å². The van der Waals surface area contributed by atoms with Gasteiger partial charge in [0.25, 0.3) is 0 Å². The molecule has 1 aliphatic heterocycles. The average Bonchev–Trinajstić information content (AvgIpc) is 2.46. The molecule has 1 fully saturated rings. The lowest BCUT2D eigenvalue weighted by molar-refractivity contribution is 0.282. The maximum atomic E-state index is 12.9. The standard InChI is InChI=1S/C13H19BrN2O4S.ClH/c1-9-8-15-4-5-16(9)21(17,18)13-7-11(19-2)10(14)6-12(13)20-3;/h6-7,9,15H,4-5,8H2,1-3H3;1H. The zero-order valence-electron chi connectivity index (χ0n) is 12.6. The van der Waals surface area contributed by atoms with Crippen LogP contribution in [0.15, 0.2) is 21.5 Å². The first-order chi connectivity index (χ1) is 9.91. The van der Waals surface area contributed by atoms with Gasteiger partial charge in [0.2, 0.25) is 10.0 Å². The smallest absolute Gasteiger partial charge is 0.247 e. The van der Waals surface area contributed by atoms with Crippen molar-refractivity contribution in [3.8, 4) is 11.5 Å². The summed E-state index contributed by atoms with van der Waals surface area (Å²) < 4.78 is 38.4. The lowest BCUT2D eigenvalue weighted by atomic mass is 10.3. The van der Waals surface area contributed by atoms with Crippen molar-refractivity contribution in [2.75, 3.05) is 33.9 Å². The van der Waals surface area contributed by atoms with Gasteiger partial charge in [-0.15, -0.1) is 12.4 Å². The van der Waals surface area contributed by atoms with Gasteiger partial charge in [0.1, 0.15) is 16.4 Å². The Morgan fingerprint density at radius 2 is 1.91 bits per heavy atom. The highest BCUT2D eigenvalue weighted by Gasteiger charge is 2.33. The summed E-state index contributed by atoms with van der Waals surface area (Å²) >= 11 is 3.33. The number of nitrogens with one attached hydrogen (secondary N) is 1. The van der Waals surface area contributed by atoms with Gasteiger partial charge in [-0.1, -0.05) is 0 Å². The van der Waals surface area contributed by atoms with Crippen molar-refractivity contribution < 1.29 is 17.9 Å². The third kappa shape index (κ3) is 3.68. The van der Waals surface area contributed by atoms with Gasteiger partial charge >= 0.3 is 0 Å². The van der Waals surface area contributed by atoms with Crippen molar-refractivity contribution in [2.45, 2.75) is 17.9 Å². The summed E-state index contributed by atoms with van der Waals surface area (Å²) in [5.74, 6) is 0.755. The molecule has 0 radical (unpaired) electrons. The van der Waals surface area contributed by atoms with E-state index in [1.54, 1.807) is 6.07 Å². The van der Waals surface area contributed by atoms with E-state index in [1.165, 1.54) is 24.6 Å². The highest BCUT2D eigenvalue weighted by molar-refractivity contribution is 9.10. The number of ether oxygens (including phenoxy) is 2. The zero-order chi connectivity index (χ0) is 15.6. The highest BCUT2D eigenvalue weighted by Crippen LogP contribution is 2.37. The normalized spacial score (nSPS) is 19.4. The second-order valence-corrected chi connectivity index (χ2v) is 7.52. The lowest BCUT2D eigenvalue weighted by Gasteiger charge is -2.33. The molecule has 9 heteroatoms. The van der Waals surface area contributed by atoms with Gasteiger partial charge in [-0.05, 0) is 28.9 Å². The molecule has 1 aromatic rings. The Morgan fingerprint density at radius 1 is 1.27 bits per heavy atom. The van der Waals surface area contributed by atoms with E-state index in [0.29, 0.717) is 35.6 Å². The second kappa shape index (κ2) is 7.83. The molecule has 2 rings (SSSR count). The minimum absolute atomic E-state index is 0. The first kappa shape index (κ1) is 19.5. The quantitative estimate of drug-likeness (QED) is 0.813. The molecule has 1 saturated heterocycles. The van der Waals surface area contributed by atoms with Gasteiger partial charge in [-0.2, -0.15) is 4.31 Å². The van der Waals surface area contributed by atoms with Gasteiger partial charge in [0, 0.05) is 31.7 Å². The molecule has 22 heavy (non-hydrogen) atoms. The first-order valence-corrected chi connectivity index (χ1v) is 8.79. The number of halogens is 2. The Morgan fingerprint density at radius 3 is 2.45 bits per heavy atom. The molecule has 0 spiro atoms. The Bertz CT molecular complexity index is 627. The molecule has 1 heterocycles. The summed E-state index contributed by atoms with van der Waals surface area (Å²) in [4.78, 5) is 0.124. The van der Waals surface area contributed by atoms with E-state index in [0.717, 1.165) is 0 Å². The van der Waals surface area contributed by atoms with E-state index in [-0.39, 0.29) is 23.3 Å². The molecule has 1 atom stereocenters. The zero-order valence-corrected chi connectivity index (χ0v) is 15.8. The Hall–Kier alpha value is -0.540. The van der Waals surface area contributed by atoms with Crippen LogP contribution in [-0.4, -0.2) is 52.6 Å². The average molecular weight is 416 g/mol. The number of rotatable bonds is 4. The van der Waals surface area contributed by atoms with Gasteiger partial charge in [0.15, 0.2) is 0 Å². The van der Waals surface area contributed by atoms with E-state index < -0.39 is 10.0 Å². The van der Waals surface area contributed by atoms with Crippen molar-refractivity contribution in [1.29, 1.82) is 0 Å². The Labute approximate surface area is 145 Å². The van der Waals surface area contributed by atoms with Crippen LogP contribution in [0.25, 0.3) is 0 Å². The molecular weight excluding hydrogens is 396 g/mol.